The number of carbonyl (C=O) groups excluding carboxylic acids is 1. The zero-order valence-electron chi connectivity index (χ0n) is 10.6. The van der Waals surface area contributed by atoms with E-state index in [0.29, 0.717) is 10.9 Å². The molecule has 0 unspecified atom stereocenters. The Balaban J connectivity index is 2.20. The van der Waals surface area contributed by atoms with E-state index >= 15 is 0 Å². The highest BCUT2D eigenvalue weighted by Crippen LogP contribution is 2.25. The van der Waals surface area contributed by atoms with Crippen LogP contribution in [0.25, 0.3) is 10.8 Å². The first-order valence-corrected chi connectivity index (χ1v) is 6.89. The molecular weight excluding hydrogens is 340 g/mol. The molecule has 104 valence electrons. The summed E-state index contributed by atoms with van der Waals surface area (Å²) in [6.07, 6.45) is 3.17. The number of halogens is 3. The number of hydrogen-bond donors (Lipinski definition) is 0. The van der Waals surface area contributed by atoms with Gasteiger partial charge in [-0.25, -0.2) is 8.78 Å². The van der Waals surface area contributed by atoms with Crippen molar-refractivity contribution in [2.45, 2.75) is 0 Å². The summed E-state index contributed by atoms with van der Waals surface area (Å²) in [4.78, 5) is 16.5. The number of nitrogens with zero attached hydrogens (tertiary/aromatic N) is 1. The molecule has 0 saturated carbocycles. The second-order valence-corrected chi connectivity index (χ2v) is 5.33. The molecule has 0 atom stereocenters. The van der Waals surface area contributed by atoms with Gasteiger partial charge in [0.05, 0.1) is 10.0 Å². The summed E-state index contributed by atoms with van der Waals surface area (Å²) in [6, 6.07) is 8.61. The molecule has 0 N–H and O–H groups in total. The summed E-state index contributed by atoms with van der Waals surface area (Å²) in [5.74, 6) is -2.00. The van der Waals surface area contributed by atoms with Crippen molar-refractivity contribution in [2.75, 3.05) is 0 Å². The second-order valence-electron chi connectivity index (χ2n) is 4.48. The summed E-state index contributed by atoms with van der Waals surface area (Å²) in [5, 5.41) is 1.42. The first-order chi connectivity index (χ1) is 10.1. The number of carbonyl (C=O) groups is 1. The molecule has 0 spiro atoms. The molecule has 1 aromatic heterocycles. The molecule has 3 aromatic rings. The summed E-state index contributed by atoms with van der Waals surface area (Å²) in [5.41, 5.74) is 0.0236. The molecule has 0 aliphatic rings. The quantitative estimate of drug-likeness (QED) is 0.504. The third-order valence-electron chi connectivity index (χ3n) is 3.18. The highest BCUT2D eigenvalue weighted by molar-refractivity contribution is 9.10. The topological polar surface area (TPSA) is 30.0 Å². The maximum absolute atomic E-state index is 13.9. The maximum Gasteiger partial charge on any atom is 0.196 e. The Morgan fingerprint density at radius 2 is 1.86 bits per heavy atom. The first kappa shape index (κ1) is 13.8. The Labute approximate surface area is 127 Å². The van der Waals surface area contributed by atoms with E-state index in [-0.39, 0.29) is 10.0 Å². The van der Waals surface area contributed by atoms with Gasteiger partial charge in [-0.15, -0.1) is 0 Å². The van der Waals surface area contributed by atoms with E-state index in [4.69, 9.17) is 0 Å². The Bertz CT molecular complexity index is 859. The van der Waals surface area contributed by atoms with Gasteiger partial charge in [0.15, 0.2) is 5.78 Å². The fourth-order valence-corrected chi connectivity index (χ4v) is 2.48. The zero-order valence-corrected chi connectivity index (χ0v) is 12.2. The second kappa shape index (κ2) is 5.33. The number of benzene rings is 2. The molecule has 0 bridgehead atoms. The molecule has 21 heavy (non-hydrogen) atoms. The summed E-state index contributed by atoms with van der Waals surface area (Å²) in [6.45, 7) is 0. The Morgan fingerprint density at radius 1 is 1.05 bits per heavy atom. The third kappa shape index (κ3) is 2.45. The highest BCUT2D eigenvalue weighted by Gasteiger charge is 2.18. The fourth-order valence-electron chi connectivity index (χ4n) is 2.16. The molecule has 3 rings (SSSR count). The van der Waals surface area contributed by atoms with Gasteiger partial charge in [0.25, 0.3) is 0 Å². The number of hydrogen-bond acceptors (Lipinski definition) is 2. The molecule has 2 aromatic carbocycles. The molecule has 0 aliphatic carbocycles. The fraction of sp³-hybridized carbons (Fsp3) is 0. The average molecular weight is 348 g/mol. The van der Waals surface area contributed by atoms with E-state index < -0.39 is 17.4 Å². The molecule has 1 heterocycles. The number of fused-ring (bicyclic) bond motifs is 1. The Kier molecular flexibility index (Phi) is 3.51. The largest absolute Gasteiger partial charge is 0.288 e. The van der Waals surface area contributed by atoms with Crippen LogP contribution in [-0.4, -0.2) is 10.8 Å². The minimum atomic E-state index is -0.765. The molecule has 0 radical (unpaired) electrons. The molecule has 0 saturated heterocycles. The van der Waals surface area contributed by atoms with Crippen molar-refractivity contribution in [3.05, 3.63) is 76.0 Å². The summed E-state index contributed by atoms with van der Waals surface area (Å²) >= 11 is 2.89. The van der Waals surface area contributed by atoms with Crippen LogP contribution >= 0.6 is 15.9 Å². The normalized spacial score (nSPS) is 10.8. The van der Waals surface area contributed by atoms with Crippen LogP contribution in [0, 0.1) is 11.6 Å². The van der Waals surface area contributed by atoms with Crippen molar-refractivity contribution >= 4 is 32.5 Å². The average Bonchev–Trinajstić information content (AvgIpc) is 2.49. The van der Waals surface area contributed by atoms with Crippen LogP contribution in [0.4, 0.5) is 8.78 Å². The summed E-state index contributed by atoms with van der Waals surface area (Å²) in [7, 11) is 0. The number of pyridine rings is 1. The van der Waals surface area contributed by atoms with E-state index in [1.54, 1.807) is 36.7 Å². The van der Waals surface area contributed by atoms with Crippen LogP contribution < -0.4 is 0 Å². The predicted molar refractivity (Wildman–Crippen MR) is 79.2 cm³/mol. The van der Waals surface area contributed by atoms with Crippen molar-refractivity contribution in [1.82, 2.24) is 4.98 Å². The van der Waals surface area contributed by atoms with Crippen LogP contribution in [0.1, 0.15) is 15.9 Å². The van der Waals surface area contributed by atoms with E-state index in [1.165, 1.54) is 0 Å². The van der Waals surface area contributed by atoms with Crippen LogP contribution in [0.3, 0.4) is 0 Å². The Morgan fingerprint density at radius 3 is 2.67 bits per heavy atom. The van der Waals surface area contributed by atoms with Crippen molar-refractivity contribution in [3.8, 4) is 0 Å². The van der Waals surface area contributed by atoms with E-state index in [1.807, 2.05) is 0 Å². The molecule has 0 amide bonds. The predicted octanol–water partition coefficient (Wildman–Crippen LogP) is 4.51. The SMILES string of the molecule is O=C(c1cc(F)c(Br)cc1F)c1cccc2cnccc12. The molecule has 0 fully saturated rings. The van der Waals surface area contributed by atoms with E-state index in [0.717, 1.165) is 17.5 Å². The minimum absolute atomic E-state index is 0.0151. The van der Waals surface area contributed by atoms with Gasteiger partial charge in [0, 0.05) is 23.3 Å². The van der Waals surface area contributed by atoms with E-state index in [2.05, 4.69) is 20.9 Å². The first-order valence-electron chi connectivity index (χ1n) is 6.10. The number of ketones is 1. The lowest BCUT2D eigenvalue weighted by Crippen LogP contribution is -2.06. The number of aromatic nitrogens is 1. The lowest BCUT2D eigenvalue weighted by molar-refractivity contribution is 0.103. The van der Waals surface area contributed by atoms with Gasteiger partial charge in [-0.2, -0.15) is 0 Å². The van der Waals surface area contributed by atoms with Crippen molar-refractivity contribution in [3.63, 3.8) is 0 Å². The highest BCUT2D eigenvalue weighted by atomic mass is 79.9. The summed E-state index contributed by atoms with van der Waals surface area (Å²) < 4.78 is 27.5. The van der Waals surface area contributed by atoms with Gasteiger partial charge in [-0.05, 0) is 39.5 Å². The lowest BCUT2D eigenvalue weighted by atomic mass is 9.98. The third-order valence-corrected chi connectivity index (χ3v) is 3.79. The van der Waals surface area contributed by atoms with Crippen LogP contribution in [0.2, 0.25) is 0 Å². The van der Waals surface area contributed by atoms with Gasteiger partial charge in [0.2, 0.25) is 0 Å². The van der Waals surface area contributed by atoms with Gasteiger partial charge >= 0.3 is 0 Å². The maximum atomic E-state index is 13.9. The molecule has 0 aliphatic heterocycles. The minimum Gasteiger partial charge on any atom is -0.288 e. The van der Waals surface area contributed by atoms with Crippen molar-refractivity contribution in [2.24, 2.45) is 0 Å². The van der Waals surface area contributed by atoms with Gasteiger partial charge in [0.1, 0.15) is 11.6 Å². The van der Waals surface area contributed by atoms with E-state index in [9.17, 15) is 13.6 Å². The van der Waals surface area contributed by atoms with Gasteiger partial charge in [-0.3, -0.25) is 9.78 Å². The van der Waals surface area contributed by atoms with Crippen molar-refractivity contribution in [1.29, 1.82) is 0 Å². The van der Waals surface area contributed by atoms with Crippen LogP contribution in [0.15, 0.2) is 53.3 Å². The van der Waals surface area contributed by atoms with Gasteiger partial charge in [-0.1, -0.05) is 18.2 Å². The lowest BCUT2D eigenvalue weighted by Gasteiger charge is -2.07. The van der Waals surface area contributed by atoms with Crippen LogP contribution in [-0.2, 0) is 0 Å². The Hall–Kier alpha value is -2.14. The monoisotopic (exact) mass is 347 g/mol. The molecule has 2 nitrogen and oxygen atoms in total. The number of rotatable bonds is 2. The van der Waals surface area contributed by atoms with Crippen molar-refractivity contribution < 1.29 is 13.6 Å². The molecular formula is C16H8BrF2NO. The molecule has 5 heteroatoms. The smallest absolute Gasteiger partial charge is 0.196 e. The zero-order chi connectivity index (χ0) is 15.0. The standard InChI is InChI=1S/C16H8BrF2NO/c17-13-7-14(18)12(6-15(13)19)16(21)11-3-1-2-9-8-20-5-4-10(9)11/h1-8H. The van der Waals surface area contributed by atoms with Gasteiger partial charge < -0.3 is 0 Å². The van der Waals surface area contributed by atoms with Crippen LogP contribution in [0.5, 0.6) is 0 Å².